The van der Waals surface area contributed by atoms with Crippen LogP contribution in [0.3, 0.4) is 0 Å². The van der Waals surface area contributed by atoms with Crippen LogP contribution in [0.5, 0.6) is 0 Å². The maximum absolute atomic E-state index is 12.3. The number of amides is 1. The molecule has 0 saturated heterocycles. The minimum atomic E-state index is -0.367. The van der Waals surface area contributed by atoms with E-state index in [0.717, 1.165) is 4.96 Å². The SMILES string of the molecule is Cc1nn2c(NC(=O)c3cn4ccsc4n3)csc2nc1=O. The lowest BCUT2D eigenvalue weighted by Gasteiger charge is -2.02. The lowest BCUT2D eigenvalue weighted by molar-refractivity contribution is 0.102. The van der Waals surface area contributed by atoms with Gasteiger partial charge in [-0.25, -0.2) is 4.98 Å². The Morgan fingerprint density at radius 1 is 1.27 bits per heavy atom. The van der Waals surface area contributed by atoms with Crippen molar-refractivity contribution in [3.8, 4) is 0 Å². The van der Waals surface area contributed by atoms with Gasteiger partial charge in [0.25, 0.3) is 11.5 Å². The standard InChI is InChI=1S/C12H8N6O2S2/c1-6-9(19)15-12-18(16-6)8(5-22-12)14-10(20)7-4-17-2-3-21-11(17)13-7/h2-5H,1H3,(H,14,20). The molecule has 0 radical (unpaired) electrons. The molecule has 0 atom stereocenters. The molecule has 1 amide bonds. The van der Waals surface area contributed by atoms with E-state index in [1.165, 1.54) is 27.2 Å². The van der Waals surface area contributed by atoms with Crippen LogP contribution in [0.4, 0.5) is 5.82 Å². The quantitative estimate of drug-likeness (QED) is 0.599. The first-order valence-corrected chi connectivity index (χ1v) is 7.96. The number of nitrogens with zero attached hydrogens (tertiary/aromatic N) is 5. The summed E-state index contributed by atoms with van der Waals surface area (Å²) in [6, 6.07) is 0. The lowest BCUT2D eigenvalue weighted by atomic mass is 10.4. The third-order valence-corrected chi connectivity index (χ3v) is 4.60. The van der Waals surface area contributed by atoms with Gasteiger partial charge in [-0.1, -0.05) is 0 Å². The Bertz CT molecular complexity index is 1040. The molecule has 0 unspecified atom stereocenters. The van der Waals surface area contributed by atoms with Gasteiger partial charge in [0.2, 0.25) is 4.96 Å². The fraction of sp³-hybridized carbons (Fsp3) is 0.0833. The van der Waals surface area contributed by atoms with Crippen molar-refractivity contribution in [3.05, 3.63) is 44.9 Å². The Labute approximate surface area is 130 Å². The zero-order valence-corrected chi connectivity index (χ0v) is 12.8. The zero-order valence-electron chi connectivity index (χ0n) is 11.2. The van der Waals surface area contributed by atoms with Gasteiger partial charge in [-0.2, -0.15) is 14.6 Å². The minimum absolute atomic E-state index is 0.272. The summed E-state index contributed by atoms with van der Waals surface area (Å²) in [6.07, 6.45) is 3.50. The highest BCUT2D eigenvalue weighted by Gasteiger charge is 2.15. The van der Waals surface area contributed by atoms with Crippen LogP contribution in [-0.4, -0.2) is 29.9 Å². The summed E-state index contributed by atoms with van der Waals surface area (Å²) in [5, 5.41) is 10.4. The van der Waals surface area contributed by atoms with E-state index in [2.05, 4.69) is 20.4 Å². The number of hydrogen-bond donors (Lipinski definition) is 1. The van der Waals surface area contributed by atoms with E-state index in [1.54, 1.807) is 22.9 Å². The fourth-order valence-corrected chi connectivity index (χ4v) is 3.39. The van der Waals surface area contributed by atoms with Gasteiger partial charge >= 0.3 is 0 Å². The second kappa shape index (κ2) is 4.71. The molecular weight excluding hydrogens is 324 g/mol. The maximum Gasteiger partial charge on any atom is 0.295 e. The molecule has 0 bridgehead atoms. The molecule has 0 fully saturated rings. The highest BCUT2D eigenvalue weighted by Crippen LogP contribution is 2.18. The maximum atomic E-state index is 12.3. The smallest absolute Gasteiger partial charge is 0.295 e. The molecular formula is C12H8N6O2S2. The molecule has 10 heteroatoms. The molecule has 1 N–H and O–H groups in total. The van der Waals surface area contributed by atoms with E-state index in [1.807, 2.05) is 11.6 Å². The van der Waals surface area contributed by atoms with Crippen molar-refractivity contribution in [3.63, 3.8) is 0 Å². The number of anilines is 1. The molecule has 0 aromatic carbocycles. The monoisotopic (exact) mass is 332 g/mol. The Kier molecular flexibility index (Phi) is 2.81. The molecule has 0 aliphatic rings. The molecule has 8 nitrogen and oxygen atoms in total. The van der Waals surface area contributed by atoms with E-state index in [-0.39, 0.29) is 17.2 Å². The second-order valence-corrected chi connectivity index (χ2v) is 6.20. The number of hydrogen-bond acceptors (Lipinski definition) is 7. The van der Waals surface area contributed by atoms with Crippen LogP contribution in [0, 0.1) is 6.92 Å². The molecule has 22 heavy (non-hydrogen) atoms. The molecule has 4 aromatic rings. The highest BCUT2D eigenvalue weighted by molar-refractivity contribution is 7.15. The van der Waals surface area contributed by atoms with Crippen LogP contribution in [-0.2, 0) is 0 Å². The average Bonchev–Trinajstić information content (AvgIpc) is 3.15. The first-order valence-electron chi connectivity index (χ1n) is 6.20. The lowest BCUT2D eigenvalue weighted by Crippen LogP contribution is -2.18. The van der Waals surface area contributed by atoms with Crippen molar-refractivity contribution >= 4 is 44.3 Å². The summed E-state index contributed by atoms with van der Waals surface area (Å²) in [7, 11) is 0. The molecule has 0 spiro atoms. The van der Waals surface area contributed by atoms with Gasteiger partial charge in [0.05, 0.1) is 0 Å². The molecule has 0 aliphatic heterocycles. The summed E-state index contributed by atoms with van der Waals surface area (Å²) in [6.45, 7) is 1.58. The number of nitrogens with one attached hydrogen (secondary N) is 1. The summed E-state index contributed by atoms with van der Waals surface area (Å²) in [5.74, 6) is 0.116. The Hall–Kier alpha value is -2.59. The summed E-state index contributed by atoms with van der Waals surface area (Å²) in [4.78, 5) is 33.1. The van der Waals surface area contributed by atoms with Crippen LogP contribution in [0.2, 0.25) is 0 Å². The number of rotatable bonds is 2. The van der Waals surface area contributed by atoms with E-state index >= 15 is 0 Å². The van der Waals surface area contributed by atoms with E-state index in [4.69, 9.17) is 0 Å². The number of aromatic nitrogens is 5. The molecule has 4 heterocycles. The predicted molar refractivity (Wildman–Crippen MR) is 82.9 cm³/mol. The largest absolute Gasteiger partial charge is 0.304 e. The number of fused-ring (bicyclic) bond motifs is 2. The van der Waals surface area contributed by atoms with Gasteiger partial charge in [-0.15, -0.1) is 22.7 Å². The fourth-order valence-electron chi connectivity index (χ4n) is 1.94. The van der Waals surface area contributed by atoms with Gasteiger partial charge in [-0.3, -0.25) is 14.0 Å². The zero-order chi connectivity index (χ0) is 15.3. The molecule has 0 saturated carbocycles. The van der Waals surface area contributed by atoms with E-state index < -0.39 is 0 Å². The summed E-state index contributed by atoms with van der Waals surface area (Å²) < 4.78 is 3.23. The number of carbonyl (C=O) groups is 1. The van der Waals surface area contributed by atoms with Crippen LogP contribution in [0.25, 0.3) is 9.92 Å². The third-order valence-electron chi connectivity index (χ3n) is 3.01. The third kappa shape index (κ3) is 2.00. The average molecular weight is 332 g/mol. The number of carbonyl (C=O) groups excluding carboxylic acids is 1. The van der Waals surface area contributed by atoms with E-state index in [9.17, 15) is 9.59 Å². The van der Waals surface area contributed by atoms with Crippen LogP contribution >= 0.6 is 22.7 Å². The summed E-state index contributed by atoms with van der Waals surface area (Å²) in [5.41, 5.74) is 0.222. The van der Waals surface area contributed by atoms with Gasteiger partial charge in [0.15, 0.2) is 4.96 Å². The van der Waals surface area contributed by atoms with Gasteiger partial charge in [-0.05, 0) is 6.92 Å². The Morgan fingerprint density at radius 2 is 2.14 bits per heavy atom. The molecule has 110 valence electrons. The minimum Gasteiger partial charge on any atom is -0.304 e. The first-order chi connectivity index (χ1) is 10.6. The van der Waals surface area contributed by atoms with Crippen molar-refractivity contribution in [2.45, 2.75) is 6.92 Å². The Morgan fingerprint density at radius 3 is 2.95 bits per heavy atom. The Balaban J connectivity index is 1.70. The normalized spacial score (nSPS) is 11.3. The van der Waals surface area contributed by atoms with Gasteiger partial charge in [0, 0.05) is 23.2 Å². The van der Waals surface area contributed by atoms with E-state index in [0.29, 0.717) is 16.5 Å². The molecule has 0 aliphatic carbocycles. The van der Waals surface area contributed by atoms with Crippen LogP contribution < -0.4 is 10.9 Å². The second-order valence-electron chi connectivity index (χ2n) is 4.49. The van der Waals surface area contributed by atoms with Crippen molar-refractivity contribution in [2.75, 3.05) is 5.32 Å². The van der Waals surface area contributed by atoms with Gasteiger partial charge in [0.1, 0.15) is 17.2 Å². The number of imidazole rings is 1. The first kappa shape index (κ1) is 13.1. The molecule has 4 rings (SSSR count). The van der Waals surface area contributed by atoms with Crippen molar-refractivity contribution in [1.29, 1.82) is 0 Å². The highest BCUT2D eigenvalue weighted by atomic mass is 32.1. The van der Waals surface area contributed by atoms with Crippen LogP contribution in [0.1, 0.15) is 16.2 Å². The topological polar surface area (TPSA) is 93.7 Å². The van der Waals surface area contributed by atoms with Crippen LogP contribution in [0.15, 0.2) is 27.9 Å². The number of thiazole rings is 2. The predicted octanol–water partition coefficient (Wildman–Crippen LogP) is 1.42. The van der Waals surface area contributed by atoms with Crippen molar-refractivity contribution < 1.29 is 4.79 Å². The van der Waals surface area contributed by atoms with Crippen molar-refractivity contribution in [2.24, 2.45) is 0 Å². The van der Waals surface area contributed by atoms with Gasteiger partial charge < -0.3 is 5.32 Å². The molecule has 4 aromatic heterocycles. The summed E-state index contributed by atoms with van der Waals surface area (Å²) >= 11 is 2.68. The number of aryl methyl sites for hydroxylation is 1. The van der Waals surface area contributed by atoms with Crippen molar-refractivity contribution in [1.82, 2.24) is 24.0 Å².